The van der Waals surface area contributed by atoms with Crippen LogP contribution in [0.1, 0.15) is 52.0 Å². The van der Waals surface area contributed by atoms with Gasteiger partial charge >= 0.3 is 18.6 Å². The predicted octanol–water partition coefficient (Wildman–Crippen LogP) is 8.16. The van der Waals surface area contributed by atoms with Crippen LogP contribution in [0.4, 0.5) is 14.5 Å². The van der Waals surface area contributed by atoms with Crippen LogP contribution in [0.2, 0.25) is 10.0 Å². The van der Waals surface area contributed by atoms with Gasteiger partial charge in [-0.25, -0.2) is 9.59 Å². The van der Waals surface area contributed by atoms with Crippen molar-refractivity contribution >= 4 is 40.8 Å². The van der Waals surface area contributed by atoms with E-state index < -0.39 is 30.7 Å². The molecule has 0 spiro atoms. The summed E-state index contributed by atoms with van der Waals surface area (Å²) < 4.78 is 42.7. The molecule has 3 aromatic carbocycles. The average molecular weight is 657 g/mol. The first-order valence-corrected chi connectivity index (χ1v) is 14.8. The number of benzene rings is 3. The number of anilines is 1. The minimum atomic E-state index is -3.06. The Kier molecular flexibility index (Phi) is 10.4. The van der Waals surface area contributed by atoms with Gasteiger partial charge in [-0.1, -0.05) is 59.6 Å². The molecule has 2 unspecified atom stereocenters. The molecule has 0 amide bonds. The van der Waals surface area contributed by atoms with Crippen molar-refractivity contribution in [1.29, 1.82) is 0 Å². The van der Waals surface area contributed by atoms with Crippen molar-refractivity contribution in [2.45, 2.75) is 38.0 Å². The lowest BCUT2D eigenvalue weighted by Crippen LogP contribution is -2.20. The molecular weight excluding hydrogens is 629 g/mol. The molecule has 45 heavy (non-hydrogen) atoms. The number of aliphatic carboxylic acids is 1. The van der Waals surface area contributed by atoms with Crippen molar-refractivity contribution < 1.29 is 37.7 Å². The largest absolute Gasteiger partial charge is 0.489 e. The average Bonchev–Trinajstić information content (AvgIpc) is 3.85. The van der Waals surface area contributed by atoms with E-state index in [-0.39, 0.29) is 33.5 Å². The maximum Gasteiger partial charge on any atom is 0.387 e. The van der Waals surface area contributed by atoms with E-state index in [2.05, 4.69) is 15.0 Å². The summed E-state index contributed by atoms with van der Waals surface area (Å²) in [6.45, 7) is -2.72. The zero-order chi connectivity index (χ0) is 31.9. The van der Waals surface area contributed by atoms with Gasteiger partial charge in [0.05, 0.1) is 22.2 Å². The maximum atomic E-state index is 13.4. The van der Waals surface area contributed by atoms with Crippen LogP contribution in [0, 0.1) is 5.92 Å². The minimum absolute atomic E-state index is 0.0417. The van der Waals surface area contributed by atoms with Gasteiger partial charge in [0.25, 0.3) is 0 Å². The van der Waals surface area contributed by atoms with Gasteiger partial charge in [-0.2, -0.15) is 8.78 Å². The molecule has 0 radical (unpaired) electrons. The molecule has 8 nitrogen and oxygen atoms in total. The van der Waals surface area contributed by atoms with E-state index in [9.17, 15) is 23.5 Å². The SMILES string of the molecule is O=C(OC(Cc1c(Cl)cncc1Cl)c1ccc(OC(F)F)c(OCC2CC2)c1)c1ccc(NC(C(=O)O)c2ccccc2)cc1. The zero-order valence-electron chi connectivity index (χ0n) is 23.7. The first-order chi connectivity index (χ1) is 21.7. The number of pyridine rings is 1. The third-order valence-electron chi connectivity index (χ3n) is 7.13. The normalized spacial score (nSPS) is 14.0. The van der Waals surface area contributed by atoms with Gasteiger partial charge in [-0.15, -0.1) is 0 Å². The van der Waals surface area contributed by atoms with Gasteiger partial charge in [0.1, 0.15) is 6.10 Å². The van der Waals surface area contributed by atoms with Crippen molar-refractivity contribution in [3.8, 4) is 11.5 Å². The molecule has 1 aromatic heterocycles. The highest BCUT2D eigenvalue weighted by atomic mass is 35.5. The molecule has 2 N–H and O–H groups in total. The number of halogens is 4. The molecule has 1 saturated carbocycles. The number of carbonyl (C=O) groups excluding carboxylic acids is 1. The van der Waals surface area contributed by atoms with E-state index in [1.54, 1.807) is 42.5 Å². The summed E-state index contributed by atoms with van der Waals surface area (Å²) >= 11 is 12.8. The standard InChI is InChI=1S/C33H28Cl2F2N2O6/c34-25-16-38-17-26(35)24(25)15-28(22-10-13-27(45-33(36)37)29(14-22)43-18-19-6-7-19)44-32(42)21-8-11-23(12-9-21)39-30(31(40)41)20-4-2-1-3-5-20/h1-5,8-14,16-17,19,28,30,33,39H,6-7,15,18H2,(H,40,41). The van der Waals surface area contributed by atoms with Crippen LogP contribution < -0.4 is 14.8 Å². The lowest BCUT2D eigenvalue weighted by atomic mass is 10.0. The van der Waals surface area contributed by atoms with Crippen molar-refractivity contribution in [1.82, 2.24) is 4.98 Å². The molecule has 0 aliphatic heterocycles. The van der Waals surface area contributed by atoms with E-state index in [1.165, 1.54) is 42.7 Å². The number of carboxylic acids is 1. The monoisotopic (exact) mass is 656 g/mol. The molecule has 234 valence electrons. The Morgan fingerprint density at radius 1 is 0.933 bits per heavy atom. The van der Waals surface area contributed by atoms with E-state index in [4.69, 9.17) is 32.7 Å². The molecule has 12 heteroatoms. The van der Waals surface area contributed by atoms with Crippen LogP contribution in [-0.2, 0) is 16.0 Å². The third-order valence-corrected chi connectivity index (χ3v) is 7.78. The lowest BCUT2D eigenvalue weighted by Gasteiger charge is -2.22. The summed E-state index contributed by atoms with van der Waals surface area (Å²) in [5.74, 6) is -1.47. The zero-order valence-corrected chi connectivity index (χ0v) is 25.2. The molecule has 0 saturated heterocycles. The Labute approximate surface area is 267 Å². The Morgan fingerprint density at radius 3 is 2.24 bits per heavy atom. The van der Waals surface area contributed by atoms with Crippen LogP contribution in [0.5, 0.6) is 11.5 Å². The lowest BCUT2D eigenvalue weighted by molar-refractivity contribution is -0.138. The highest BCUT2D eigenvalue weighted by Crippen LogP contribution is 2.38. The van der Waals surface area contributed by atoms with Crippen molar-refractivity contribution in [2.24, 2.45) is 5.92 Å². The molecule has 4 aromatic rings. The Balaban J connectivity index is 1.39. The highest BCUT2D eigenvalue weighted by molar-refractivity contribution is 6.35. The second-order valence-electron chi connectivity index (χ2n) is 10.4. The number of carboxylic acid groups (broad SMARTS) is 1. The number of hydrogen-bond acceptors (Lipinski definition) is 7. The summed E-state index contributed by atoms with van der Waals surface area (Å²) in [5, 5.41) is 13.2. The van der Waals surface area contributed by atoms with Crippen LogP contribution >= 0.6 is 23.2 Å². The number of nitrogens with zero attached hydrogens (tertiary/aromatic N) is 1. The smallest absolute Gasteiger partial charge is 0.387 e. The Morgan fingerprint density at radius 2 is 1.62 bits per heavy atom. The van der Waals surface area contributed by atoms with Gasteiger partial charge in [0.15, 0.2) is 17.5 Å². The number of aromatic nitrogens is 1. The van der Waals surface area contributed by atoms with E-state index >= 15 is 0 Å². The fourth-order valence-electron chi connectivity index (χ4n) is 4.57. The van der Waals surface area contributed by atoms with Crippen LogP contribution in [-0.4, -0.2) is 35.2 Å². The van der Waals surface area contributed by atoms with E-state index in [0.717, 1.165) is 12.8 Å². The summed E-state index contributed by atoms with van der Waals surface area (Å²) in [4.78, 5) is 29.3. The van der Waals surface area contributed by atoms with Crippen LogP contribution in [0.25, 0.3) is 0 Å². The number of esters is 1. The predicted molar refractivity (Wildman–Crippen MR) is 164 cm³/mol. The van der Waals surface area contributed by atoms with Gasteiger partial charge in [0, 0.05) is 24.5 Å². The Hall–Kier alpha value is -4.41. The number of carbonyl (C=O) groups is 2. The molecule has 2 atom stereocenters. The Bertz CT molecular complexity index is 1620. The second kappa shape index (κ2) is 14.6. The molecule has 1 aliphatic carbocycles. The molecule has 1 fully saturated rings. The van der Waals surface area contributed by atoms with Gasteiger partial charge < -0.3 is 24.6 Å². The number of hydrogen-bond donors (Lipinski definition) is 2. The molecule has 5 rings (SSSR count). The van der Waals surface area contributed by atoms with Crippen molar-refractivity contribution in [3.05, 3.63) is 117 Å². The molecular formula is C33H28Cl2F2N2O6. The van der Waals surface area contributed by atoms with Gasteiger partial charge in [0.2, 0.25) is 0 Å². The summed E-state index contributed by atoms with van der Waals surface area (Å²) in [6.07, 6.45) is 3.88. The summed E-state index contributed by atoms with van der Waals surface area (Å²) in [6, 6.07) is 18.2. The molecule has 1 aliphatic rings. The number of nitrogens with one attached hydrogen (secondary N) is 1. The minimum Gasteiger partial charge on any atom is -0.489 e. The number of rotatable bonds is 14. The quantitative estimate of drug-likeness (QED) is 0.131. The van der Waals surface area contributed by atoms with Crippen molar-refractivity contribution in [3.63, 3.8) is 0 Å². The highest BCUT2D eigenvalue weighted by Gasteiger charge is 2.26. The second-order valence-corrected chi connectivity index (χ2v) is 11.2. The van der Waals surface area contributed by atoms with Crippen LogP contribution in [0.15, 0.2) is 85.2 Å². The molecule has 1 heterocycles. The van der Waals surface area contributed by atoms with Gasteiger partial charge in [-0.3, -0.25) is 4.98 Å². The maximum absolute atomic E-state index is 13.4. The van der Waals surface area contributed by atoms with Crippen molar-refractivity contribution in [2.75, 3.05) is 11.9 Å². The van der Waals surface area contributed by atoms with Crippen LogP contribution in [0.3, 0.4) is 0 Å². The van der Waals surface area contributed by atoms with Gasteiger partial charge in [-0.05, 0) is 71.8 Å². The topological polar surface area (TPSA) is 107 Å². The summed E-state index contributed by atoms with van der Waals surface area (Å²) in [5.41, 5.74) is 2.13. The molecule has 0 bridgehead atoms. The fourth-order valence-corrected chi connectivity index (χ4v) is 5.09. The fraction of sp³-hybridized carbons (Fsp3) is 0.242. The first kappa shape index (κ1) is 32.0. The summed E-state index contributed by atoms with van der Waals surface area (Å²) in [7, 11) is 0. The van der Waals surface area contributed by atoms with E-state index in [0.29, 0.717) is 34.9 Å². The van der Waals surface area contributed by atoms with E-state index in [1.807, 2.05) is 0 Å². The third kappa shape index (κ3) is 8.61. The first-order valence-electron chi connectivity index (χ1n) is 14.0. The number of alkyl halides is 2. The number of ether oxygens (including phenoxy) is 3.